The predicted molar refractivity (Wildman–Crippen MR) is 114 cm³/mol. The second-order valence-corrected chi connectivity index (χ2v) is 10.2. The molecule has 1 fully saturated rings. The van der Waals surface area contributed by atoms with Gasteiger partial charge in [0, 0.05) is 18.4 Å². The maximum Gasteiger partial charge on any atom is 0.419 e. The Labute approximate surface area is 179 Å². The van der Waals surface area contributed by atoms with Gasteiger partial charge in [0.05, 0.1) is 11.1 Å². The summed E-state index contributed by atoms with van der Waals surface area (Å²) in [4.78, 5) is 24.3. The van der Waals surface area contributed by atoms with E-state index in [-0.39, 0.29) is 24.1 Å². The van der Waals surface area contributed by atoms with Crippen molar-refractivity contribution in [1.82, 2.24) is 15.4 Å². The van der Waals surface area contributed by atoms with E-state index in [4.69, 9.17) is 9.62 Å². The fourth-order valence-electron chi connectivity index (χ4n) is 3.08. The molecule has 1 heterocycles. The van der Waals surface area contributed by atoms with Crippen LogP contribution in [0.2, 0.25) is 0 Å². The number of sulfone groups is 1. The summed E-state index contributed by atoms with van der Waals surface area (Å²) >= 11 is 0. The van der Waals surface area contributed by atoms with E-state index in [0.717, 1.165) is 19.1 Å². The maximum atomic E-state index is 12.3. The Morgan fingerprint density at radius 3 is 2.65 bits per heavy atom. The van der Waals surface area contributed by atoms with Gasteiger partial charge in [-0.25, -0.2) is 18.7 Å². The lowest BCUT2D eigenvalue weighted by molar-refractivity contribution is -0.131. The van der Waals surface area contributed by atoms with Gasteiger partial charge in [0.15, 0.2) is 20.2 Å². The summed E-state index contributed by atoms with van der Waals surface area (Å²) < 4.78 is 28.8. The maximum absolute atomic E-state index is 12.3. The third-order valence-electron chi connectivity index (χ3n) is 5.68. The van der Waals surface area contributed by atoms with E-state index in [2.05, 4.69) is 29.0 Å². The Kier molecular flexibility index (Phi) is 6.01. The molecule has 1 aromatic heterocycles. The molecule has 0 saturated heterocycles. The van der Waals surface area contributed by atoms with Gasteiger partial charge in [-0.3, -0.25) is 14.6 Å². The van der Waals surface area contributed by atoms with Crippen LogP contribution in [0.25, 0.3) is 11.1 Å². The Morgan fingerprint density at radius 2 is 2.06 bits per heavy atom. The van der Waals surface area contributed by atoms with Crippen LogP contribution in [-0.4, -0.2) is 47.7 Å². The summed E-state index contributed by atoms with van der Waals surface area (Å²) in [5.74, 6) is 9.85. The molecular weight excluding hydrogens is 422 g/mol. The van der Waals surface area contributed by atoms with E-state index < -0.39 is 26.2 Å². The van der Waals surface area contributed by atoms with Crippen molar-refractivity contribution in [2.24, 2.45) is 0 Å². The van der Waals surface area contributed by atoms with Crippen LogP contribution in [0.3, 0.4) is 0 Å². The highest BCUT2D eigenvalue weighted by molar-refractivity contribution is 7.92. The van der Waals surface area contributed by atoms with Crippen LogP contribution in [0.5, 0.6) is 0 Å². The first-order valence-corrected chi connectivity index (χ1v) is 11.4. The number of amides is 1. The first-order chi connectivity index (χ1) is 14.5. The minimum Gasteiger partial charge on any atom is -0.408 e. The number of oxazole rings is 1. The molecule has 0 radical (unpaired) electrons. The summed E-state index contributed by atoms with van der Waals surface area (Å²) in [5.41, 5.74) is 2.60. The minimum absolute atomic E-state index is 0.106. The summed E-state index contributed by atoms with van der Waals surface area (Å²) in [6.07, 6.45) is 2.66. The van der Waals surface area contributed by atoms with E-state index >= 15 is 0 Å². The average Bonchev–Trinajstić information content (AvgIpc) is 3.44. The minimum atomic E-state index is -3.88. The number of aryl methyl sites for hydroxylation is 1. The van der Waals surface area contributed by atoms with Crippen LogP contribution in [0.4, 0.5) is 0 Å². The summed E-state index contributed by atoms with van der Waals surface area (Å²) in [5, 5.41) is 12.1. The molecule has 2 aromatic rings. The first-order valence-electron chi connectivity index (χ1n) is 9.55. The van der Waals surface area contributed by atoms with Crippen molar-refractivity contribution in [3.8, 4) is 23.7 Å². The van der Waals surface area contributed by atoms with Gasteiger partial charge in [-0.05, 0) is 63.3 Å². The molecule has 3 rings (SSSR count). The fourth-order valence-corrected chi connectivity index (χ4v) is 3.93. The lowest BCUT2D eigenvalue weighted by atomic mass is 10.1. The Hall–Kier alpha value is -3.05. The van der Waals surface area contributed by atoms with Crippen molar-refractivity contribution in [3.05, 3.63) is 34.3 Å². The molecule has 0 spiro atoms. The van der Waals surface area contributed by atoms with Gasteiger partial charge in [0.2, 0.25) is 0 Å². The van der Waals surface area contributed by atoms with Crippen molar-refractivity contribution in [2.75, 3.05) is 13.3 Å². The highest BCUT2D eigenvalue weighted by atomic mass is 32.2. The number of benzene rings is 1. The lowest BCUT2D eigenvalue weighted by Gasteiger charge is -2.24. The molecule has 0 unspecified atom stereocenters. The number of hydrogen-bond donors (Lipinski definition) is 3. The third-order valence-corrected chi connectivity index (χ3v) is 7.71. The number of aromatic nitrogens is 1. The monoisotopic (exact) mass is 445 g/mol. The topological polar surface area (TPSA) is 131 Å². The van der Waals surface area contributed by atoms with Gasteiger partial charge in [-0.15, -0.1) is 0 Å². The number of carbonyl (C=O) groups is 1. The van der Waals surface area contributed by atoms with Crippen molar-refractivity contribution < 1.29 is 22.8 Å². The number of carbonyl (C=O) groups excluding carboxylic acids is 1. The zero-order valence-electron chi connectivity index (χ0n) is 17.4. The lowest BCUT2D eigenvalue weighted by Crippen LogP contribution is -2.49. The molecule has 1 aliphatic carbocycles. The molecule has 0 bridgehead atoms. The molecule has 1 atom stereocenters. The molecule has 1 amide bonds. The Bertz CT molecular complexity index is 1310. The van der Waals surface area contributed by atoms with Crippen LogP contribution in [0.1, 0.15) is 31.7 Å². The average molecular weight is 445 g/mol. The zero-order chi connectivity index (χ0) is 22.9. The van der Waals surface area contributed by atoms with Crippen LogP contribution >= 0.6 is 0 Å². The SMILES string of the molecule is CNC1(C#CC#Cc2ccc3c(c2)oc(=O)n3CC[C@](C)(C(=O)NO)S(C)(=O)=O)CC1. The molecule has 164 valence electrons. The van der Waals surface area contributed by atoms with E-state index in [0.29, 0.717) is 11.1 Å². The first kappa shape index (κ1) is 22.6. The molecule has 10 heteroatoms. The van der Waals surface area contributed by atoms with Crippen molar-refractivity contribution in [1.29, 1.82) is 0 Å². The number of nitrogens with zero attached hydrogens (tertiary/aromatic N) is 1. The molecule has 1 saturated carbocycles. The van der Waals surface area contributed by atoms with Gasteiger partial charge in [0.1, 0.15) is 0 Å². The van der Waals surface area contributed by atoms with Crippen molar-refractivity contribution >= 4 is 26.8 Å². The number of fused-ring (bicyclic) bond motifs is 1. The second-order valence-electron chi connectivity index (χ2n) is 7.73. The standard InChI is InChI=1S/C21H23N3O6S/c1-20(18(25)23-27,31(3,28)29)12-13-24-16-8-7-15(14-17(16)30-19(24)26)6-4-5-9-21(22-2)10-11-21/h7-8,14,22,27H,10-13H2,1-3H3,(H,23,25)/t20-/m1/s1. The van der Waals surface area contributed by atoms with Gasteiger partial charge in [0.25, 0.3) is 5.91 Å². The zero-order valence-corrected chi connectivity index (χ0v) is 18.2. The molecule has 1 aromatic carbocycles. The van der Waals surface area contributed by atoms with E-state index in [1.54, 1.807) is 18.2 Å². The highest BCUT2D eigenvalue weighted by Gasteiger charge is 2.43. The van der Waals surface area contributed by atoms with E-state index in [1.165, 1.54) is 17.0 Å². The van der Waals surface area contributed by atoms with Crippen LogP contribution in [0, 0.1) is 23.7 Å². The van der Waals surface area contributed by atoms with E-state index in [9.17, 15) is 18.0 Å². The third kappa shape index (κ3) is 4.52. The van der Waals surface area contributed by atoms with Crippen LogP contribution in [-0.2, 0) is 21.2 Å². The quantitative estimate of drug-likeness (QED) is 0.333. The van der Waals surface area contributed by atoms with Gasteiger partial charge >= 0.3 is 5.76 Å². The second kappa shape index (κ2) is 8.23. The molecular formula is C21H23N3O6S. The summed E-state index contributed by atoms with van der Waals surface area (Å²) in [6.45, 7) is 1.08. The number of rotatable bonds is 6. The Balaban J connectivity index is 1.84. The van der Waals surface area contributed by atoms with Gasteiger partial charge in [-0.2, -0.15) is 0 Å². The van der Waals surface area contributed by atoms with Crippen LogP contribution < -0.4 is 16.6 Å². The molecule has 31 heavy (non-hydrogen) atoms. The summed E-state index contributed by atoms with van der Waals surface area (Å²) in [7, 11) is -2.01. The molecule has 0 aliphatic heterocycles. The van der Waals surface area contributed by atoms with Gasteiger partial charge in [-0.1, -0.05) is 11.8 Å². The largest absolute Gasteiger partial charge is 0.419 e. The normalized spacial score (nSPS) is 16.4. The number of hydroxylamine groups is 1. The number of hydrogen-bond acceptors (Lipinski definition) is 7. The highest BCUT2D eigenvalue weighted by Crippen LogP contribution is 2.33. The van der Waals surface area contributed by atoms with Crippen LogP contribution in [0.15, 0.2) is 27.4 Å². The van der Waals surface area contributed by atoms with Gasteiger partial charge < -0.3 is 9.73 Å². The predicted octanol–water partition coefficient (Wildman–Crippen LogP) is 0.400. The molecule has 3 N–H and O–H groups in total. The van der Waals surface area contributed by atoms with E-state index in [1.807, 2.05) is 7.05 Å². The smallest absolute Gasteiger partial charge is 0.408 e. The molecule has 1 aliphatic rings. The fraction of sp³-hybridized carbons (Fsp3) is 0.429. The molecule has 9 nitrogen and oxygen atoms in total. The summed E-state index contributed by atoms with van der Waals surface area (Å²) in [6, 6.07) is 4.93. The Morgan fingerprint density at radius 1 is 1.35 bits per heavy atom. The number of nitrogens with one attached hydrogen (secondary N) is 2. The van der Waals surface area contributed by atoms with Crippen molar-refractivity contribution in [2.45, 2.75) is 43.0 Å². The van der Waals surface area contributed by atoms with Crippen molar-refractivity contribution in [3.63, 3.8) is 0 Å².